The Morgan fingerprint density at radius 2 is 1.95 bits per heavy atom. The first-order valence-electron chi connectivity index (χ1n) is 7.15. The highest BCUT2D eigenvalue weighted by molar-refractivity contribution is 7.80. The third-order valence-corrected chi connectivity index (χ3v) is 3.88. The normalized spacial score (nSPS) is 10.6. The van der Waals surface area contributed by atoms with Crippen LogP contribution in [0.3, 0.4) is 0 Å². The number of thiocarbonyl (C=S) groups is 1. The van der Waals surface area contributed by atoms with Crippen molar-refractivity contribution in [2.45, 2.75) is 13.5 Å². The van der Waals surface area contributed by atoms with Gasteiger partial charge in [-0.25, -0.2) is 0 Å². The van der Waals surface area contributed by atoms with Crippen molar-refractivity contribution >= 4 is 33.8 Å². The highest BCUT2D eigenvalue weighted by Crippen LogP contribution is 2.22. The molecule has 0 amide bonds. The lowest BCUT2D eigenvalue weighted by atomic mass is 10.1. The largest absolute Gasteiger partial charge is 0.357 e. The van der Waals surface area contributed by atoms with Crippen LogP contribution in [0.5, 0.6) is 0 Å². The van der Waals surface area contributed by atoms with Gasteiger partial charge in [-0.3, -0.25) is 4.68 Å². The van der Waals surface area contributed by atoms with Gasteiger partial charge >= 0.3 is 0 Å². The van der Waals surface area contributed by atoms with E-state index in [1.165, 1.54) is 5.39 Å². The summed E-state index contributed by atoms with van der Waals surface area (Å²) in [5.41, 5.74) is 3.11. The molecule has 5 heteroatoms. The van der Waals surface area contributed by atoms with Crippen LogP contribution in [-0.4, -0.2) is 14.9 Å². The summed E-state index contributed by atoms with van der Waals surface area (Å²) in [5, 5.41) is 13.8. The monoisotopic (exact) mass is 310 g/mol. The first kappa shape index (κ1) is 14.5. The maximum absolute atomic E-state index is 5.38. The average molecular weight is 310 g/mol. The highest BCUT2D eigenvalue weighted by atomic mass is 32.1. The van der Waals surface area contributed by atoms with Crippen LogP contribution in [0, 0.1) is 6.92 Å². The molecule has 3 aromatic rings. The summed E-state index contributed by atoms with van der Waals surface area (Å²) in [7, 11) is 1.94. The summed E-state index contributed by atoms with van der Waals surface area (Å²) in [5.74, 6) is 0. The van der Waals surface area contributed by atoms with E-state index in [2.05, 4.69) is 33.9 Å². The van der Waals surface area contributed by atoms with E-state index in [0.29, 0.717) is 11.7 Å². The van der Waals surface area contributed by atoms with Crippen molar-refractivity contribution in [2.24, 2.45) is 7.05 Å². The zero-order valence-corrected chi connectivity index (χ0v) is 13.4. The molecule has 0 fully saturated rings. The second-order valence-electron chi connectivity index (χ2n) is 5.24. The molecule has 1 aromatic heterocycles. The van der Waals surface area contributed by atoms with Crippen LogP contribution < -0.4 is 10.6 Å². The van der Waals surface area contributed by atoms with Crippen LogP contribution >= 0.6 is 12.2 Å². The van der Waals surface area contributed by atoms with E-state index in [1.54, 1.807) is 0 Å². The number of hydrogen-bond acceptors (Lipinski definition) is 2. The zero-order valence-electron chi connectivity index (χ0n) is 12.6. The van der Waals surface area contributed by atoms with Crippen molar-refractivity contribution in [3.05, 3.63) is 59.9 Å². The number of aryl methyl sites for hydroxylation is 2. The molecule has 2 aromatic carbocycles. The van der Waals surface area contributed by atoms with Gasteiger partial charge in [-0.2, -0.15) is 5.10 Å². The minimum atomic E-state index is 0.597. The molecule has 2 N–H and O–H groups in total. The molecular formula is C17H18N4S. The molecule has 22 heavy (non-hydrogen) atoms. The Morgan fingerprint density at radius 1 is 1.18 bits per heavy atom. The zero-order chi connectivity index (χ0) is 15.5. The van der Waals surface area contributed by atoms with Gasteiger partial charge in [0.2, 0.25) is 0 Å². The molecule has 1 heterocycles. The lowest BCUT2D eigenvalue weighted by molar-refractivity contribution is 0.712. The van der Waals surface area contributed by atoms with Crippen molar-refractivity contribution in [3.63, 3.8) is 0 Å². The highest BCUT2D eigenvalue weighted by Gasteiger charge is 2.04. The Morgan fingerprint density at radius 3 is 2.73 bits per heavy atom. The maximum atomic E-state index is 5.38. The van der Waals surface area contributed by atoms with Crippen LogP contribution in [-0.2, 0) is 13.6 Å². The molecule has 3 rings (SSSR count). The summed E-state index contributed by atoms with van der Waals surface area (Å²) < 4.78 is 1.86. The molecule has 4 nitrogen and oxygen atoms in total. The van der Waals surface area contributed by atoms with Gasteiger partial charge in [0, 0.05) is 23.8 Å². The molecule has 0 saturated heterocycles. The number of nitrogens with zero attached hydrogens (tertiary/aromatic N) is 2. The number of hydrogen-bond donors (Lipinski definition) is 2. The second kappa shape index (κ2) is 6.15. The van der Waals surface area contributed by atoms with Gasteiger partial charge in [0.1, 0.15) is 0 Å². The Labute approximate surface area is 135 Å². The maximum Gasteiger partial charge on any atom is 0.171 e. The van der Waals surface area contributed by atoms with E-state index < -0.39 is 0 Å². The molecule has 0 bridgehead atoms. The summed E-state index contributed by atoms with van der Waals surface area (Å²) in [6.07, 6.45) is 0. The van der Waals surface area contributed by atoms with Crippen LogP contribution in [0.1, 0.15) is 11.4 Å². The topological polar surface area (TPSA) is 41.9 Å². The van der Waals surface area contributed by atoms with Crippen molar-refractivity contribution in [1.29, 1.82) is 0 Å². The van der Waals surface area contributed by atoms with E-state index in [4.69, 9.17) is 12.2 Å². The number of anilines is 1. The number of rotatable bonds is 3. The van der Waals surface area contributed by atoms with E-state index in [0.717, 1.165) is 22.5 Å². The smallest absolute Gasteiger partial charge is 0.171 e. The summed E-state index contributed by atoms with van der Waals surface area (Å²) >= 11 is 5.38. The lowest BCUT2D eigenvalue weighted by Crippen LogP contribution is -2.28. The molecule has 0 saturated carbocycles. The van der Waals surface area contributed by atoms with Gasteiger partial charge in [0.25, 0.3) is 0 Å². The Bertz CT molecular complexity index is 798. The van der Waals surface area contributed by atoms with Gasteiger partial charge in [0.15, 0.2) is 5.11 Å². The molecule has 0 unspecified atom stereocenters. The van der Waals surface area contributed by atoms with E-state index in [1.807, 2.05) is 49.0 Å². The van der Waals surface area contributed by atoms with Crippen molar-refractivity contribution in [3.8, 4) is 0 Å². The number of fused-ring (bicyclic) bond motifs is 1. The van der Waals surface area contributed by atoms with Gasteiger partial charge in [-0.1, -0.05) is 36.4 Å². The minimum absolute atomic E-state index is 0.597. The van der Waals surface area contributed by atoms with Crippen LogP contribution in [0.2, 0.25) is 0 Å². The van der Waals surface area contributed by atoms with Crippen LogP contribution in [0.15, 0.2) is 48.5 Å². The predicted molar refractivity (Wildman–Crippen MR) is 95.0 cm³/mol. The number of aromatic nitrogens is 2. The molecular weight excluding hydrogens is 292 g/mol. The number of nitrogens with one attached hydrogen (secondary N) is 2. The van der Waals surface area contributed by atoms with Gasteiger partial charge in [-0.15, -0.1) is 0 Å². The van der Waals surface area contributed by atoms with E-state index >= 15 is 0 Å². The quantitative estimate of drug-likeness (QED) is 0.728. The fourth-order valence-corrected chi connectivity index (χ4v) is 2.58. The third-order valence-electron chi connectivity index (χ3n) is 3.63. The standard InChI is InChI=1S/C17H18N4S/c1-12-10-14(20-21(12)2)11-18-17(22)19-16-9-5-7-13-6-3-4-8-15(13)16/h3-10H,11H2,1-2H3,(H2,18,19,22). The SMILES string of the molecule is Cc1cc(CNC(=S)Nc2cccc3ccccc23)nn1C. The molecule has 0 aliphatic heterocycles. The first-order chi connectivity index (χ1) is 10.6. The second-order valence-corrected chi connectivity index (χ2v) is 5.64. The molecule has 0 aliphatic rings. The van der Waals surface area contributed by atoms with Crippen molar-refractivity contribution in [2.75, 3.05) is 5.32 Å². The van der Waals surface area contributed by atoms with Crippen LogP contribution in [0.4, 0.5) is 5.69 Å². The Balaban J connectivity index is 1.68. The summed E-state index contributed by atoms with van der Waals surface area (Å²) in [6.45, 7) is 2.64. The number of benzene rings is 2. The van der Waals surface area contributed by atoms with Crippen molar-refractivity contribution < 1.29 is 0 Å². The molecule has 112 valence electrons. The first-order valence-corrected chi connectivity index (χ1v) is 7.56. The molecule has 0 atom stereocenters. The molecule has 0 aliphatic carbocycles. The lowest BCUT2D eigenvalue weighted by Gasteiger charge is -2.11. The average Bonchev–Trinajstić information content (AvgIpc) is 2.84. The minimum Gasteiger partial charge on any atom is -0.357 e. The van der Waals surface area contributed by atoms with E-state index in [-0.39, 0.29) is 0 Å². The summed E-state index contributed by atoms with van der Waals surface area (Å²) in [4.78, 5) is 0. The third kappa shape index (κ3) is 3.09. The van der Waals surface area contributed by atoms with Crippen molar-refractivity contribution in [1.82, 2.24) is 15.1 Å². The summed E-state index contributed by atoms with van der Waals surface area (Å²) in [6, 6.07) is 16.4. The molecule has 0 spiro atoms. The Kier molecular flexibility index (Phi) is 4.06. The van der Waals surface area contributed by atoms with Crippen LogP contribution in [0.25, 0.3) is 10.8 Å². The van der Waals surface area contributed by atoms with Gasteiger partial charge in [-0.05, 0) is 36.7 Å². The Hall–Kier alpha value is -2.40. The van der Waals surface area contributed by atoms with Gasteiger partial charge < -0.3 is 10.6 Å². The van der Waals surface area contributed by atoms with Gasteiger partial charge in [0.05, 0.1) is 12.2 Å². The molecule has 0 radical (unpaired) electrons. The fraction of sp³-hybridized carbons (Fsp3) is 0.176. The fourth-order valence-electron chi connectivity index (χ4n) is 2.39. The predicted octanol–water partition coefficient (Wildman–Crippen LogP) is 3.37. The van der Waals surface area contributed by atoms with E-state index in [9.17, 15) is 0 Å².